The SMILES string of the molecule is C=C(CCN)c1c[nH]c2cccc(F)c12. The summed E-state index contributed by atoms with van der Waals surface area (Å²) in [5.41, 5.74) is 7.94. The van der Waals surface area contributed by atoms with E-state index in [2.05, 4.69) is 11.6 Å². The van der Waals surface area contributed by atoms with Crippen molar-refractivity contribution in [3.05, 3.63) is 42.4 Å². The summed E-state index contributed by atoms with van der Waals surface area (Å²) in [7, 11) is 0. The van der Waals surface area contributed by atoms with E-state index in [9.17, 15) is 4.39 Å². The average molecular weight is 204 g/mol. The largest absolute Gasteiger partial charge is 0.360 e. The van der Waals surface area contributed by atoms with Crippen LogP contribution in [0.5, 0.6) is 0 Å². The number of rotatable bonds is 3. The van der Waals surface area contributed by atoms with Crippen molar-refractivity contribution < 1.29 is 4.39 Å². The lowest BCUT2D eigenvalue weighted by atomic mass is 10.0. The van der Waals surface area contributed by atoms with Crippen molar-refractivity contribution in [2.24, 2.45) is 5.73 Å². The van der Waals surface area contributed by atoms with Crippen LogP contribution in [-0.2, 0) is 0 Å². The van der Waals surface area contributed by atoms with Gasteiger partial charge in [-0.15, -0.1) is 0 Å². The highest BCUT2D eigenvalue weighted by Crippen LogP contribution is 2.27. The van der Waals surface area contributed by atoms with Gasteiger partial charge in [0, 0.05) is 22.7 Å². The smallest absolute Gasteiger partial charge is 0.133 e. The molecule has 3 N–H and O–H groups in total. The monoisotopic (exact) mass is 204 g/mol. The second-order valence-electron chi connectivity index (χ2n) is 3.51. The summed E-state index contributed by atoms with van der Waals surface area (Å²) < 4.78 is 13.6. The van der Waals surface area contributed by atoms with E-state index >= 15 is 0 Å². The van der Waals surface area contributed by atoms with Crippen LogP contribution in [0.4, 0.5) is 4.39 Å². The molecule has 0 radical (unpaired) electrons. The maximum Gasteiger partial charge on any atom is 0.133 e. The highest BCUT2D eigenvalue weighted by atomic mass is 19.1. The summed E-state index contributed by atoms with van der Waals surface area (Å²) in [4.78, 5) is 3.03. The molecule has 1 heterocycles. The van der Waals surface area contributed by atoms with Crippen molar-refractivity contribution >= 4 is 16.5 Å². The Hall–Kier alpha value is -1.61. The van der Waals surface area contributed by atoms with Crippen molar-refractivity contribution in [2.75, 3.05) is 6.54 Å². The lowest BCUT2D eigenvalue weighted by Crippen LogP contribution is -1.99. The fourth-order valence-electron chi connectivity index (χ4n) is 1.73. The summed E-state index contributed by atoms with van der Waals surface area (Å²) >= 11 is 0. The molecule has 1 aromatic carbocycles. The number of H-pyrrole nitrogens is 1. The van der Waals surface area contributed by atoms with Crippen LogP contribution in [0.2, 0.25) is 0 Å². The lowest BCUT2D eigenvalue weighted by molar-refractivity contribution is 0.640. The second-order valence-corrected chi connectivity index (χ2v) is 3.51. The van der Waals surface area contributed by atoms with E-state index in [1.807, 2.05) is 6.07 Å². The van der Waals surface area contributed by atoms with Gasteiger partial charge in [0.2, 0.25) is 0 Å². The Kier molecular flexibility index (Phi) is 2.56. The van der Waals surface area contributed by atoms with E-state index in [4.69, 9.17) is 5.73 Å². The number of nitrogens with one attached hydrogen (secondary N) is 1. The number of aromatic amines is 1. The van der Waals surface area contributed by atoms with E-state index in [1.54, 1.807) is 12.3 Å². The van der Waals surface area contributed by atoms with E-state index in [0.717, 1.165) is 16.7 Å². The molecule has 0 bridgehead atoms. The Morgan fingerprint density at radius 2 is 2.27 bits per heavy atom. The molecule has 3 heteroatoms. The Morgan fingerprint density at radius 1 is 1.47 bits per heavy atom. The first-order valence-corrected chi connectivity index (χ1v) is 4.88. The molecular weight excluding hydrogens is 191 g/mol. The van der Waals surface area contributed by atoms with E-state index in [-0.39, 0.29) is 5.82 Å². The minimum absolute atomic E-state index is 0.220. The summed E-state index contributed by atoms with van der Waals surface area (Å²) in [6.07, 6.45) is 2.47. The molecule has 0 aliphatic rings. The van der Waals surface area contributed by atoms with Gasteiger partial charge in [0.05, 0.1) is 0 Å². The van der Waals surface area contributed by atoms with Crippen LogP contribution in [0.15, 0.2) is 31.0 Å². The van der Waals surface area contributed by atoms with Gasteiger partial charge in [0.15, 0.2) is 0 Å². The quantitative estimate of drug-likeness (QED) is 0.793. The van der Waals surface area contributed by atoms with Crippen molar-refractivity contribution in [3.8, 4) is 0 Å². The number of hydrogen-bond acceptors (Lipinski definition) is 1. The second kappa shape index (κ2) is 3.87. The summed E-state index contributed by atoms with van der Waals surface area (Å²) in [6.45, 7) is 4.44. The molecule has 0 aliphatic carbocycles. The van der Waals surface area contributed by atoms with Crippen molar-refractivity contribution in [2.45, 2.75) is 6.42 Å². The van der Waals surface area contributed by atoms with Crippen molar-refractivity contribution in [1.29, 1.82) is 0 Å². The summed E-state index contributed by atoms with van der Waals surface area (Å²) in [6, 6.07) is 4.98. The lowest BCUT2D eigenvalue weighted by Gasteiger charge is -2.02. The molecule has 15 heavy (non-hydrogen) atoms. The molecule has 0 unspecified atom stereocenters. The standard InChI is InChI=1S/C12H13FN2/c1-8(5-6-14)9-7-15-11-4-2-3-10(13)12(9)11/h2-4,7,15H,1,5-6,14H2. The van der Waals surface area contributed by atoms with E-state index in [0.29, 0.717) is 18.4 Å². The topological polar surface area (TPSA) is 41.8 Å². The van der Waals surface area contributed by atoms with Crippen LogP contribution in [-0.4, -0.2) is 11.5 Å². The first-order chi connectivity index (χ1) is 7.24. The normalized spacial score (nSPS) is 10.8. The fourth-order valence-corrected chi connectivity index (χ4v) is 1.73. The Balaban J connectivity index is 2.57. The van der Waals surface area contributed by atoms with E-state index < -0.39 is 0 Å². The molecule has 0 amide bonds. The third-order valence-electron chi connectivity index (χ3n) is 2.48. The molecule has 2 rings (SSSR count). The van der Waals surface area contributed by atoms with Crippen LogP contribution in [0.3, 0.4) is 0 Å². The molecular formula is C12H13FN2. The van der Waals surface area contributed by atoms with Crippen LogP contribution in [0.25, 0.3) is 16.5 Å². The van der Waals surface area contributed by atoms with Gasteiger partial charge in [0.25, 0.3) is 0 Å². The Morgan fingerprint density at radius 3 is 3.00 bits per heavy atom. The Labute approximate surface area is 87.6 Å². The van der Waals surface area contributed by atoms with Crippen LogP contribution in [0.1, 0.15) is 12.0 Å². The molecule has 0 saturated heterocycles. The predicted octanol–water partition coefficient (Wildman–Crippen LogP) is 2.67. The third-order valence-corrected chi connectivity index (χ3v) is 2.48. The highest BCUT2D eigenvalue weighted by molar-refractivity contribution is 5.92. The molecule has 0 saturated carbocycles. The maximum absolute atomic E-state index is 13.6. The van der Waals surface area contributed by atoms with Gasteiger partial charge in [-0.1, -0.05) is 12.6 Å². The molecule has 2 aromatic rings. The zero-order valence-electron chi connectivity index (χ0n) is 8.39. The molecule has 0 fully saturated rings. The first kappa shape index (κ1) is 9.93. The number of hydrogen-bond donors (Lipinski definition) is 2. The number of fused-ring (bicyclic) bond motifs is 1. The summed E-state index contributed by atoms with van der Waals surface area (Å²) in [5.74, 6) is -0.220. The zero-order chi connectivity index (χ0) is 10.8. The molecule has 2 nitrogen and oxygen atoms in total. The fraction of sp³-hybridized carbons (Fsp3) is 0.167. The molecule has 0 aliphatic heterocycles. The Bertz CT molecular complexity index is 499. The van der Waals surface area contributed by atoms with Gasteiger partial charge in [-0.2, -0.15) is 0 Å². The molecule has 0 spiro atoms. The minimum atomic E-state index is -0.220. The maximum atomic E-state index is 13.6. The van der Waals surface area contributed by atoms with Crippen molar-refractivity contribution in [3.63, 3.8) is 0 Å². The zero-order valence-corrected chi connectivity index (χ0v) is 8.39. The van der Waals surface area contributed by atoms with Gasteiger partial charge < -0.3 is 10.7 Å². The van der Waals surface area contributed by atoms with Gasteiger partial charge in [-0.25, -0.2) is 4.39 Å². The van der Waals surface area contributed by atoms with Gasteiger partial charge in [-0.3, -0.25) is 0 Å². The van der Waals surface area contributed by atoms with Gasteiger partial charge in [-0.05, 0) is 30.7 Å². The number of aromatic nitrogens is 1. The van der Waals surface area contributed by atoms with Gasteiger partial charge in [0.1, 0.15) is 5.82 Å². The summed E-state index contributed by atoms with van der Waals surface area (Å²) in [5, 5.41) is 0.607. The van der Waals surface area contributed by atoms with Crippen LogP contribution in [0, 0.1) is 5.82 Å². The average Bonchev–Trinajstić information content (AvgIpc) is 2.63. The molecule has 0 atom stereocenters. The minimum Gasteiger partial charge on any atom is -0.360 e. The third kappa shape index (κ3) is 1.66. The highest BCUT2D eigenvalue weighted by Gasteiger charge is 2.09. The van der Waals surface area contributed by atoms with Crippen LogP contribution < -0.4 is 5.73 Å². The predicted molar refractivity (Wildman–Crippen MR) is 61.0 cm³/mol. The van der Waals surface area contributed by atoms with Crippen molar-refractivity contribution in [1.82, 2.24) is 4.98 Å². The number of benzene rings is 1. The number of halogens is 1. The number of nitrogens with two attached hydrogens (primary N) is 1. The molecule has 78 valence electrons. The van der Waals surface area contributed by atoms with Gasteiger partial charge >= 0.3 is 0 Å². The van der Waals surface area contributed by atoms with E-state index in [1.165, 1.54) is 6.07 Å². The van der Waals surface area contributed by atoms with Crippen LogP contribution >= 0.6 is 0 Å². The first-order valence-electron chi connectivity index (χ1n) is 4.88. The molecule has 1 aromatic heterocycles.